The maximum Gasteiger partial charge on any atom is 0.260 e. The minimum Gasteiger partial charge on any atom is -0.487 e. The number of nitriles is 2. The molecule has 1 aliphatic carbocycles. The molecule has 1 aliphatic rings. The van der Waals surface area contributed by atoms with Crippen LogP contribution in [0.5, 0.6) is 5.75 Å². The summed E-state index contributed by atoms with van der Waals surface area (Å²) in [4.78, 5) is 12.3. The number of nitrogens with one attached hydrogen (secondary N) is 1. The van der Waals surface area contributed by atoms with Gasteiger partial charge in [0.15, 0.2) is 5.60 Å². The largest absolute Gasteiger partial charge is 0.487 e. The Morgan fingerprint density at radius 2 is 1.96 bits per heavy atom. The van der Waals surface area contributed by atoms with Crippen molar-refractivity contribution in [2.45, 2.75) is 18.1 Å². The highest BCUT2D eigenvalue weighted by Gasteiger charge is 2.61. The molecule has 0 saturated heterocycles. The van der Waals surface area contributed by atoms with E-state index < -0.39 is 17.6 Å². The van der Waals surface area contributed by atoms with E-state index in [-0.39, 0.29) is 11.4 Å². The minimum atomic E-state index is -1.63. The molecule has 1 unspecified atom stereocenters. The Hall–Kier alpha value is -3.06. The first-order valence-electron chi connectivity index (χ1n) is 7.36. The number of amides is 1. The molecule has 1 amide bonds. The predicted octanol–water partition coefficient (Wildman–Crippen LogP) is 2.60. The molecule has 124 valence electrons. The van der Waals surface area contributed by atoms with Crippen molar-refractivity contribution in [2.75, 3.05) is 5.32 Å². The molecule has 2 aromatic carbocycles. The third-order valence-electron chi connectivity index (χ3n) is 3.87. The molecule has 0 bridgehead atoms. The minimum absolute atomic E-state index is 0.156. The lowest BCUT2D eigenvalue weighted by molar-refractivity contribution is -0.127. The molecule has 6 nitrogen and oxygen atoms in total. The molecule has 2 atom stereocenters. The van der Waals surface area contributed by atoms with Crippen molar-refractivity contribution in [2.24, 2.45) is 0 Å². The van der Waals surface area contributed by atoms with Gasteiger partial charge in [0.25, 0.3) is 5.91 Å². The Kier molecular flexibility index (Phi) is 4.33. The maximum absolute atomic E-state index is 12.3. The number of carbonyl (C=O) groups excluding carboxylic acids is 1. The Labute approximate surface area is 148 Å². The van der Waals surface area contributed by atoms with Crippen LogP contribution in [0.25, 0.3) is 0 Å². The molecular formula is C18H12ClN3O3. The zero-order valence-corrected chi connectivity index (χ0v) is 13.6. The van der Waals surface area contributed by atoms with E-state index in [0.717, 1.165) is 0 Å². The number of benzene rings is 2. The lowest BCUT2D eigenvalue weighted by Crippen LogP contribution is -2.34. The van der Waals surface area contributed by atoms with Crippen molar-refractivity contribution >= 4 is 23.2 Å². The molecule has 7 heteroatoms. The molecule has 25 heavy (non-hydrogen) atoms. The molecule has 3 rings (SSSR count). The van der Waals surface area contributed by atoms with Gasteiger partial charge in [-0.1, -0.05) is 11.6 Å². The van der Waals surface area contributed by atoms with E-state index in [0.29, 0.717) is 22.6 Å². The van der Waals surface area contributed by atoms with Crippen molar-refractivity contribution in [1.82, 2.24) is 0 Å². The van der Waals surface area contributed by atoms with Crippen LogP contribution in [-0.2, 0) is 4.79 Å². The Bertz CT molecular complexity index is 915. The molecule has 2 N–H and O–H groups in total. The van der Waals surface area contributed by atoms with Gasteiger partial charge in [-0.15, -0.1) is 0 Å². The molecule has 0 aromatic heterocycles. The standard InChI is InChI=1S/C18H12ClN3O3/c19-15-7-13(4-3-12(15)10-21)22-17(23)18(24)8-16(18)25-14-5-1-11(9-20)2-6-14/h1-7,16,24H,8H2,(H,22,23)/t16?,18-/m0/s1. The van der Waals surface area contributed by atoms with Gasteiger partial charge in [-0.05, 0) is 42.5 Å². The van der Waals surface area contributed by atoms with Crippen LogP contribution in [0, 0.1) is 22.7 Å². The number of hydrogen-bond donors (Lipinski definition) is 2. The van der Waals surface area contributed by atoms with E-state index in [1.807, 2.05) is 12.1 Å². The molecule has 0 radical (unpaired) electrons. The van der Waals surface area contributed by atoms with Crippen molar-refractivity contribution in [1.29, 1.82) is 10.5 Å². The molecular weight excluding hydrogens is 342 g/mol. The van der Waals surface area contributed by atoms with E-state index in [4.69, 9.17) is 26.9 Å². The van der Waals surface area contributed by atoms with Crippen LogP contribution < -0.4 is 10.1 Å². The number of hydrogen-bond acceptors (Lipinski definition) is 5. The zero-order chi connectivity index (χ0) is 18.0. The van der Waals surface area contributed by atoms with Crippen LogP contribution in [0.15, 0.2) is 42.5 Å². The van der Waals surface area contributed by atoms with Gasteiger partial charge >= 0.3 is 0 Å². The van der Waals surface area contributed by atoms with E-state index in [1.165, 1.54) is 18.2 Å². The van der Waals surface area contributed by atoms with Crippen LogP contribution in [-0.4, -0.2) is 22.7 Å². The highest BCUT2D eigenvalue weighted by Crippen LogP contribution is 2.40. The number of halogens is 1. The summed E-state index contributed by atoms with van der Waals surface area (Å²) >= 11 is 5.92. The van der Waals surface area contributed by atoms with Gasteiger partial charge in [0.1, 0.15) is 17.9 Å². The van der Waals surface area contributed by atoms with E-state index >= 15 is 0 Å². The van der Waals surface area contributed by atoms with E-state index in [9.17, 15) is 9.90 Å². The van der Waals surface area contributed by atoms with Crippen LogP contribution in [0.3, 0.4) is 0 Å². The van der Waals surface area contributed by atoms with Crippen LogP contribution in [0.2, 0.25) is 5.02 Å². The highest BCUT2D eigenvalue weighted by atomic mass is 35.5. The predicted molar refractivity (Wildman–Crippen MR) is 89.9 cm³/mol. The Morgan fingerprint density at radius 1 is 1.24 bits per heavy atom. The first-order chi connectivity index (χ1) is 12.0. The summed E-state index contributed by atoms with van der Waals surface area (Å²) in [6.45, 7) is 0. The van der Waals surface area contributed by atoms with Crippen molar-refractivity contribution in [3.8, 4) is 17.9 Å². The number of aliphatic hydroxyl groups is 1. The topological polar surface area (TPSA) is 106 Å². The average molecular weight is 354 g/mol. The lowest BCUT2D eigenvalue weighted by Gasteiger charge is -2.13. The monoisotopic (exact) mass is 353 g/mol. The van der Waals surface area contributed by atoms with Gasteiger partial charge in [0.05, 0.1) is 22.2 Å². The van der Waals surface area contributed by atoms with Gasteiger partial charge < -0.3 is 15.2 Å². The third kappa shape index (κ3) is 3.41. The fourth-order valence-electron chi connectivity index (χ4n) is 2.30. The highest BCUT2D eigenvalue weighted by molar-refractivity contribution is 6.32. The van der Waals surface area contributed by atoms with E-state index in [1.54, 1.807) is 24.3 Å². The quantitative estimate of drug-likeness (QED) is 0.878. The summed E-state index contributed by atoms with van der Waals surface area (Å²) in [6, 6.07) is 14.8. The van der Waals surface area contributed by atoms with E-state index in [2.05, 4.69) is 5.32 Å². The van der Waals surface area contributed by atoms with Crippen LogP contribution >= 0.6 is 11.6 Å². The second-order valence-corrected chi connectivity index (χ2v) is 6.04. The number of anilines is 1. The molecule has 2 aromatic rings. The number of ether oxygens (including phenoxy) is 1. The van der Waals surface area contributed by atoms with Gasteiger partial charge in [0, 0.05) is 12.1 Å². The molecule has 0 heterocycles. The smallest absolute Gasteiger partial charge is 0.260 e. The van der Waals surface area contributed by atoms with Crippen molar-refractivity contribution in [3.63, 3.8) is 0 Å². The van der Waals surface area contributed by atoms with Gasteiger partial charge in [-0.3, -0.25) is 4.79 Å². The van der Waals surface area contributed by atoms with Gasteiger partial charge in [0.2, 0.25) is 0 Å². The van der Waals surface area contributed by atoms with Gasteiger partial charge in [-0.25, -0.2) is 0 Å². The first kappa shape index (κ1) is 16.8. The second-order valence-electron chi connectivity index (χ2n) is 5.63. The maximum atomic E-state index is 12.3. The second kappa shape index (κ2) is 6.45. The molecule has 0 spiro atoms. The molecule has 1 fully saturated rings. The fraction of sp³-hybridized carbons (Fsp3) is 0.167. The normalized spacial score (nSPS) is 20.9. The SMILES string of the molecule is N#Cc1ccc(OC2C[C@@]2(O)C(=O)Nc2ccc(C#N)c(Cl)c2)cc1. The summed E-state index contributed by atoms with van der Waals surface area (Å²) in [6.07, 6.45) is -0.516. The summed E-state index contributed by atoms with van der Waals surface area (Å²) in [5.41, 5.74) is -0.457. The first-order valence-corrected chi connectivity index (χ1v) is 7.74. The number of rotatable bonds is 4. The van der Waals surface area contributed by atoms with Crippen LogP contribution in [0.4, 0.5) is 5.69 Å². The van der Waals surface area contributed by atoms with Crippen molar-refractivity contribution < 1.29 is 14.6 Å². The Balaban J connectivity index is 1.64. The van der Waals surface area contributed by atoms with Crippen molar-refractivity contribution in [3.05, 3.63) is 58.6 Å². The van der Waals surface area contributed by atoms with Crippen LogP contribution in [0.1, 0.15) is 17.5 Å². The summed E-state index contributed by atoms with van der Waals surface area (Å²) in [7, 11) is 0. The third-order valence-corrected chi connectivity index (χ3v) is 4.18. The summed E-state index contributed by atoms with van der Waals surface area (Å²) in [5, 5.41) is 30.8. The zero-order valence-electron chi connectivity index (χ0n) is 12.9. The summed E-state index contributed by atoms with van der Waals surface area (Å²) in [5.74, 6) is -0.138. The Morgan fingerprint density at radius 3 is 2.56 bits per heavy atom. The van der Waals surface area contributed by atoms with Gasteiger partial charge in [-0.2, -0.15) is 10.5 Å². The molecule has 1 saturated carbocycles. The average Bonchev–Trinajstić information content (AvgIpc) is 3.27. The fourth-order valence-corrected chi connectivity index (χ4v) is 2.52. The number of nitrogens with zero attached hydrogens (tertiary/aromatic N) is 2. The lowest BCUT2D eigenvalue weighted by atomic mass is 10.2. The number of carbonyl (C=O) groups is 1. The summed E-state index contributed by atoms with van der Waals surface area (Å²) < 4.78 is 5.57. The molecule has 0 aliphatic heterocycles.